The number of carboxylic acid groups (broad SMARTS) is 1. The van der Waals surface area contributed by atoms with E-state index in [1.807, 2.05) is 24.3 Å². The van der Waals surface area contributed by atoms with Gasteiger partial charge in [-0.1, -0.05) is 6.08 Å². The molecule has 2 N–H and O–H groups in total. The number of aliphatic carboxylic acids is 1. The fourth-order valence-corrected chi connectivity index (χ4v) is 4.44. The number of aliphatic hydroxyl groups is 1. The second kappa shape index (κ2) is 8.71. The standard InChI is InChI=1S/C20H24N2O2.C2H4O2/c1-3-13-12-22-9-7-14(13)10-19(22)20(23)16-6-8-21-18-5-4-15(24-2)11-17(16)18;1-2(3)4/h3-6,8,11,13-14,19-20,23H,1,7,9-10,12H2,2H3;1H3,(H,3,4)/t13-,14?,19-,20?;/m1./s1. The predicted octanol–water partition coefficient (Wildman–Crippen LogP) is 3.26. The van der Waals surface area contributed by atoms with E-state index < -0.39 is 12.1 Å². The molecule has 1 aromatic carbocycles. The second-order valence-electron chi connectivity index (χ2n) is 7.49. The van der Waals surface area contributed by atoms with Gasteiger partial charge in [0.25, 0.3) is 5.97 Å². The molecule has 3 saturated heterocycles. The first-order valence-electron chi connectivity index (χ1n) is 9.61. The number of pyridine rings is 1. The van der Waals surface area contributed by atoms with Crippen LogP contribution in [0, 0.1) is 11.8 Å². The molecule has 3 fully saturated rings. The zero-order valence-electron chi connectivity index (χ0n) is 16.4. The van der Waals surface area contributed by atoms with Gasteiger partial charge in [-0.15, -0.1) is 6.58 Å². The summed E-state index contributed by atoms with van der Waals surface area (Å²) >= 11 is 0. The monoisotopic (exact) mass is 384 g/mol. The molecule has 4 heterocycles. The maximum Gasteiger partial charge on any atom is 0.300 e. The van der Waals surface area contributed by atoms with Gasteiger partial charge in [0.1, 0.15) is 5.75 Å². The number of carboxylic acids is 1. The molecule has 2 bridgehead atoms. The number of rotatable bonds is 4. The van der Waals surface area contributed by atoms with Crippen molar-refractivity contribution in [2.24, 2.45) is 11.8 Å². The minimum absolute atomic E-state index is 0.178. The van der Waals surface area contributed by atoms with Crippen LogP contribution in [-0.4, -0.2) is 52.3 Å². The normalized spacial score (nSPS) is 26.8. The molecule has 6 heteroatoms. The quantitative estimate of drug-likeness (QED) is 0.788. The number of carbonyl (C=O) groups is 1. The van der Waals surface area contributed by atoms with Gasteiger partial charge >= 0.3 is 0 Å². The lowest BCUT2D eigenvalue weighted by atomic mass is 9.73. The smallest absolute Gasteiger partial charge is 0.300 e. The number of fused-ring (bicyclic) bond motifs is 4. The number of hydrogen-bond acceptors (Lipinski definition) is 5. The first-order valence-corrected chi connectivity index (χ1v) is 9.61. The van der Waals surface area contributed by atoms with Crippen molar-refractivity contribution in [1.29, 1.82) is 0 Å². The van der Waals surface area contributed by atoms with Crippen LogP contribution in [0.4, 0.5) is 0 Å². The number of aliphatic hydroxyl groups excluding tert-OH is 1. The minimum Gasteiger partial charge on any atom is -0.497 e. The minimum atomic E-state index is -0.833. The molecule has 0 saturated carbocycles. The zero-order chi connectivity index (χ0) is 20.3. The maximum atomic E-state index is 11.2. The van der Waals surface area contributed by atoms with Crippen LogP contribution in [0.1, 0.15) is 31.4 Å². The highest BCUT2D eigenvalue weighted by molar-refractivity contribution is 5.83. The topological polar surface area (TPSA) is 82.9 Å². The number of aromatic nitrogens is 1. The zero-order valence-corrected chi connectivity index (χ0v) is 16.4. The summed E-state index contributed by atoms with van der Waals surface area (Å²) < 4.78 is 5.35. The summed E-state index contributed by atoms with van der Waals surface area (Å²) in [4.78, 5) is 15.9. The Bertz CT molecular complexity index is 850. The van der Waals surface area contributed by atoms with Crippen LogP contribution in [0.15, 0.2) is 43.1 Å². The van der Waals surface area contributed by atoms with Crippen molar-refractivity contribution in [3.63, 3.8) is 0 Å². The largest absolute Gasteiger partial charge is 0.497 e. The van der Waals surface area contributed by atoms with Gasteiger partial charge in [0.2, 0.25) is 0 Å². The van der Waals surface area contributed by atoms with Crippen LogP contribution in [0.3, 0.4) is 0 Å². The van der Waals surface area contributed by atoms with Crippen molar-refractivity contribution in [3.8, 4) is 5.75 Å². The summed E-state index contributed by atoms with van der Waals surface area (Å²) in [7, 11) is 1.66. The molecule has 3 unspecified atom stereocenters. The third kappa shape index (κ3) is 4.18. The molecule has 3 aliphatic rings. The summed E-state index contributed by atoms with van der Waals surface area (Å²) in [5.41, 5.74) is 1.85. The van der Waals surface area contributed by atoms with Crippen LogP contribution in [-0.2, 0) is 4.79 Å². The first kappa shape index (κ1) is 20.3. The highest BCUT2D eigenvalue weighted by Gasteiger charge is 2.42. The number of benzene rings is 1. The molecule has 0 aliphatic carbocycles. The third-order valence-electron chi connectivity index (χ3n) is 5.82. The van der Waals surface area contributed by atoms with E-state index in [4.69, 9.17) is 14.6 Å². The van der Waals surface area contributed by atoms with Gasteiger partial charge in [-0.05, 0) is 61.1 Å². The van der Waals surface area contributed by atoms with E-state index in [9.17, 15) is 5.11 Å². The molecular weight excluding hydrogens is 356 g/mol. The Morgan fingerprint density at radius 1 is 1.43 bits per heavy atom. The Balaban J connectivity index is 0.000000516. The molecule has 6 nitrogen and oxygen atoms in total. The molecule has 3 aliphatic heterocycles. The van der Waals surface area contributed by atoms with Gasteiger partial charge in [-0.2, -0.15) is 0 Å². The van der Waals surface area contributed by atoms with E-state index in [1.165, 1.54) is 6.42 Å². The average molecular weight is 384 g/mol. The molecular formula is C22H28N2O4. The Morgan fingerprint density at radius 2 is 2.18 bits per heavy atom. The molecule has 0 amide bonds. The number of piperidine rings is 3. The van der Waals surface area contributed by atoms with Gasteiger partial charge < -0.3 is 14.9 Å². The van der Waals surface area contributed by atoms with Crippen LogP contribution >= 0.6 is 0 Å². The number of hydrogen-bond donors (Lipinski definition) is 2. The molecule has 28 heavy (non-hydrogen) atoms. The second-order valence-corrected chi connectivity index (χ2v) is 7.49. The molecule has 5 rings (SSSR count). The molecule has 150 valence electrons. The van der Waals surface area contributed by atoms with E-state index in [2.05, 4.69) is 22.5 Å². The van der Waals surface area contributed by atoms with Crippen molar-refractivity contribution in [2.75, 3.05) is 20.2 Å². The highest BCUT2D eigenvalue weighted by Crippen LogP contribution is 2.42. The van der Waals surface area contributed by atoms with Crippen LogP contribution in [0.5, 0.6) is 5.75 Å². The molecule has 2 aromatic rings. The van der Waals surface area contributed by atoms with Crippen LogP contribution < -0.4 is 4.74 Å². The Labute approximate surface area is 165 Å². The fraction of sp³-hybridized carbons (Fsp3) is 0.455. The maximum absolute atomic E-state index is 11.2. The van der Waals surface area contributed by atoms with Crippen molar-refractivity contribution >= 4 is 16.9 Å². The Kier molecular flexibility index (Phi) is 6.31. The van der Waals surface area contributed by atoms with E-state index in [1.54, 1.807) is 13.3 Å². The van der Waals surface area contributed by atoms with Gasteiger partial charge in [0, 0.05) is 31.1 Å². The summed E-state index contributed by atoms with van der Waals surface area (Å²) in [6.07, 6.45) is 5.62. The van der Waals surface area contributed by atoms with Gasteiger partial charge in [0.15, 0.2) is 0 Å². The van der Waals surface area contributed by atoms with E-state index in [-0.39, 0.29) is 6.04 Å². The number of nitrogens with zero attached hydrogens (tertiary/aromatic N) is 2. The summed E-state index contributed by atoms with van der Waals surface area (Å²) in [6, 6.07) is 7.96. The van der Waals surface area contributed by atoms with E-state index in [0.29, 0.717) is 11.8 Å². The highest BCUT2D eigenvalue weighted by atomic mass is 16.5. The Hall–Kier alpha value is -2.44. The molecule has 0 spiro atoms. The lowest BCUT2D eigenvalue weighted by Gasteiger charge is -2.50. The van der Waals surface area contributed by atoms with Crippen molar-refractivity contribution in [1.82, 2.24) is 9.88 Å². The SMILES string of the molecule is C=C[C@@H]1CN2CCC1C[C@@H]2C(O)c1ccnc2ccc(OC)cc12.CC(=O)O. The van der Waals surface area contributed by atoms with Gasteiger partial charge in [0.05, 0.1) is 18.7 Å². The first-order chi connectivity index (χ1) is 13.4. The van der Waals surface area contributed by atoms with Gasteiger partial charge in [-0.25, -0.2) is 0 Å². The lowest BCUT2D eigenvalue weighted by molar-refractivity contribution is -0.134. The summed E-state index contributed by atoms with van der Waals surface area (Å²) in [5, 5.41) is 19.5. The molecule has 0 radical (unpaired) electrons. The van der Waals surface area contributed by atoms with Crippen LogP contribution in [0.2, 0.25) is 0 Å². The van der Waals surface area contributed by atoms with E-state index in [0.717, 1.165) is 48.6 Å². The van der Waals surface area contributed by atoms with Crippen molar-refractivity contribution in [3.05, 3.63) is 48.7 Å². The van der Waals surface area contributed by atoms with E-state index >= 15 is 0 Å². The summed E-state index contributed by atoms with van der Waals surface area (Å²) in [6.45, 7) is 7.15. The number of ether oxygens (including phenoxy) is 1. The van der Waals surface area contributed by atoms with Crippen molar-refractivity contribution < 1.29 is 19.7 Å². The Morgan fingerprint density at radius 3 is 2.79 bits per heavy atom. The summed E-state index contributed by atoms with van der Waals surface area (Å²) in [5.74, 6) is 1.17. The lowest BCUT2D eigenvalue weighted by Crippen LogP contribution is -2.54. The average Bonchev–Trinajstić information content (AvgIpc) is 2.72. The molecule has 1 aromatic heterocycles. The third-order valence-corrected chi connectivity index (χ3v) is 5.82. The number of methoxy groups -OCH3 is 1. The van der Waals surface area contributed by atoms with Gasteiger partial charge in [-0.3, -0.25) is 14.7 Å². The molecule has 5 atom stereocenters. The van der Waals surface area contributed by atoms with Crippen molar-refractivity contribution in [2.45, 2.75) is 31.9 Å². The fourth-order valence-electron chi connectivity index (χ4n) is 4.44. The predicted molar refractivity (Wildman–Crippen MR) is 108 cm³/mol. The van der Waals surface area contributed by atoms with Crippen LogP contribution in [0.25, 0.3) is 10.9 Å².